The van der Waals surface area contributed by atoms with Gasteiger partial charge in [-0.1, -0.05) is 6.07 Å². The Morgan fingerprint density at radius 1 is 1.12 bits per heavy atom. The van der Waals surface area contributed by atoms with E-state index in [9.17, 15) is 9.59 Å². The van der Waals surface area contributed by atoms with Gasteiger partial charge < -0.3 is 15.0 Å². The number of nitrogens with zero attached hydrogens (tertiary/aromatic N) is 1. The van der Waals surface area contributed by atoms with E-state index in [-0.39, 0.29) is 6.03 Å². The van der Waals surface area contributed by atoms with E-state index in [1.54, 1.807) is 53.9 Å². The number of nitrogens with one attached hydrogen (secondary N) is 2. The number of amides is 3. The Bertz CT molecular complexity index is 789. The van der Waals surface area contributed by atoms with Gasteiger partial charge in [0.25, 0.3) is 5.91 Å². The van der Waals surface area contributed by atoms with Gasteiger partial charge in [-0.2, -0.15) is 0 Å². The van der Waals surface area contributed by atoms with Crippen molar-refractivity contribution in [1.82, 2.24) is 10.4 Å². The first kappa shape index (κ1) is 16.8. The van der Waals surface area contributed by atoms with Crippen molar-refractivity contribution in [3.8, 4) is 5.75 Å². The van der Waals surface area contributed by atoms with Crippen LogP contribution in [0, 0.1) is 0 Å². The minimum absolute atomic E-state index is 0.173. The first-order chi connectivity index (χ1) is 12.1. The molecule has 0 spiro atoms. The third kappa shape index (κ3) is 3.72. The first-order valence-electron chi connectivity index (χ1n) is 7.87. The summed E-state index contributed by atoms with van der Waals surface area (Å²) in [7, 11) is 1.59. The van der Waals surface area contributed by atoms with Crippen molar-refractivity contribution >= 4 is 17.6 Å². The van der Waals surface area contributed by atoms with E-state index in [0.29, 0.717) is 30.8 Å². The van der Waals surface area contributed by atoms with Crippen LogP contribution in [0.2, 0.25) is 0 Å². The number of ether oxygens (including phenoxy) is 1. The van der Waals surface area contributed by atoms with Crippen molar-refractivity contribution in [2.24, 2.45) is 0 Å². The highest BCUT2D eigenvalue weighted by molar-refractivity contribution is 5.93. The standard InChI is InChI=1S/C18H19N3O4/c1-25-16-6-4-15(5-7-16)19-18(23)21-9-8-12-10-13(17(22)20-24)2-3-14(12)11-21/h2-7,10,24H,8-9,11H2,1H3,(H,19,23)(H,20,22). The molecule has 0 aromatic heterocycles. The molecule has 3 rings (SSSR count). The van der Waals surface area contributed by atoms with Crippen molar-refractivity contribution in [2.75, 3.05) is 19.0 Å². The molecule has 0 radical (unpaired) electrons. The van der Waals surface area contributed by atoms with Crippen LogP contribution in [0.1, 0.15) is 21.5 Å². The number of hydrogen-bond donors (Lipinski definition) is 3. The summed E-state index contributed by atoms with van der Waals surface area (Å²) in [4.78, 5) is 25.6. The molecule has 7 heteroatoms. The normalized spacial score (nSPS) is 13.0. The molecule has 0 saturated heterocycles. The quantitative estimate of drug-likeness (QED) is 0.591. The predicted molar refractivity (Wildman–Crippen MR) is 91.8 cm³/mol. The lowest BCUT2D eigenvalue weighted by Crippen LogP contribution is -2.39. The molecule has 1 heterocycles. The Morgan fingerprint density at radius 3 is 2.56 bits per heavy atom. The molecule has 0 unspecified atom stereocenters. The fourth-order valence-corrected chi connectivity index (χ4v) is 2.81. The van der Waals surface area contributed by atoms with Crippen LogP contribution in [0.3, 0.4) is 0 Å². The second-order valence-electron chi connectivity index (χ2n) is 5.75. The Morgan fingerprint density at radius 2 is 1.88 bits per heavy atom. The number of hydrogen-bond acceptors (Lipinski definition) is 4. The van der Waals surface area contributed by atoms with Crippen molar-refractivity contribution < 1.29 is 19.5 Å². The maximum absolute atomic E-state index is 12.4. The van der Waals surface area contributed by atoms with Gasteiger partial charge in [-0.15, -0.1) is 0 Å². The van der Waals surface area contributed by atoms with Crippen LogP contribution in [0.15, 0.2) is 42.5 Å². The number of anilines is 1. The lowest BCUT2D eigenvalue weighted by Gasteiger charge is -2.29. The summed E-state index contributed by atoms with van der Waals surface area (Å²) in [5.41, 5.74) is 4.73. The predicted octanol–water partition coefficient (Wildman–Crippen LogP) is 2.40. The fourth-order valence-electron chi connectivity index (χ4n) is 2.81. The van der Waals surface area contributed by atoms with Gasteiger partial charge in [-0.05, 0) is 53.9 Å². The molecule has 2 aromatic carbocycles. The molecule has 0 fully saturated rings. The Labute approximate surface area is 145 Å². The molecular weight excluding hydrogens is 322 g/mol. The lowest BCUT2D eigenvalue weighted by atomic mass is 9.97. The molecule has 7 nitrogen and oxygen atoms in total. The minimum atomic E-state index is -0.539. The summed E-state index contributed by atoms with van der Waals surface area (Å²) in [6, 6.07) is 12.2. The molecule has 2 aromatic rings. The van der Waals surface area contributed by atoms with E-state index < -0.39 is 5.91 Å². The van der Waals surface area contributed by atoms with Gasteiger partial charge in [0.15, 0.2) is 0 Å². The van der Waals surface area contributed by atoms with Crippen LogP contribution in [0.4, 0.5) is 10.5 Å². The lowest BCUT2D eigenvalue weighted by molar-refractivity contribution is 0.0706. The van der Waals surface area contributed by atoms with Gasteiger partial charge in [0.2, 0.25) is 0 Å². The monoisotopic (exact) mass is 341 g/mol. The molecule has 0 atom stereocenters. The Hall–Kier alpha value is -3.06. The van der Waals surface area contributed by atoms with E-state index in [4.69, 9.17) is 9.94 Å². The summed E-state index contributed by atoms with van der Waals surface area (Å²) in [5.74, 6) is 0.190. The molecule has 3 amide bonds. The molecule has 1 aliphatic rings. The van der Waals surface area contributed by atoms with E-state index in [2.05, 4.69) is 5.32 Å². The number of hydroxylamine groups is 1. The Balaban J connectivity index is 1.67. The average Bonchev–Trinajstić information content (AvgIpc) is 2.67. The van der Waals surface area contributed by atoms with Crippen molar-refractivity contribution in [3.05, 3.63) is 59.2 Å². The summed E-state index contributed by atoms with van der Waals surface area (Å²) < 4.78 is 5.10. The van der Waals surface area contributed by atoms with Gasteiger partial charge in [-0.25, -0.2) is 10.3 Å². The molecule has 25 heavy (non-hydrogen) atoms. The zero-order valence-electron chi connectivity index (χ0n) is 13.8. The van der Waals surface area contributed by atoms with Gasteiger partial charge in [-0.3, -0.25) is 10.0 Å². The van der Waals surface area contributed by atoms with Gasteiger partial charge in [0, 0.05) is 24.3 Å². The number of methoxy groups -OCH3 is 1. The molecule has 1 aliphatic heterocycles. The second-order valence-corrected chi connectivity index (χ2v) is 5.75. The van der Waals surface area contributed by atoms with Crippen LogP contribution in [0.5, 0.6) is 5.75 Å². The van der Waals surface area contributed by atoms with Gasteiger partial charge >= 0.3 is 6.03 Å². The third-order valence-electron chi connectivity index (χ3n) is 4.21. The van der Waals surface area contributed by atoms with E-state index in [0.717, 1.165) is 16.9 Å². The molecule has 0 saturated carbocycles. The van der Waals surface area contributed by atoms with E-state index in [1.807, 2.05) is 6.07 Å². The van der Waals surface area contributed by atoms with Crippen LogP contribution in [0.25, 0.3) is 0 Å². The zero-order valence-corrected chi connectivity index (χ0v) is 13.8. The molecular formula is C18H19N3O4. The highest BCUT2D eigenvalue weighted by Crippen LogP contribution is 2.22. The van der Waals surface area contributed by atoms with Crippen LogP contribution < -0.4 is 15.5 Å². The zero-order chi connectivity index (χ0) is 17.8. The van der Waals surface area contributed by atoms with Crippen molar-refractivity contribution in [1.29, 1.82) is 0 Å². The largest absolute Gasteiger partial charge is 0.497 e. The van der Waals surface area contributed by atoms with Crippen LogP contribution >= 0.6 is 0 Å². The Kier molecular flexibility index (Phi) is 4.85. The smallest absolute Gasteiger partial charge is 0.322 e. The second kappa shape index (κ2) is 7.23. The topological polar surface area (TPSA) is 90.9 Å². The summed E-state index contributed by atoms with van der Waals surface area (Å²) in [5, 5.41) is 11.6. The molecule has 130 valence electrons. The van der Waals surface area contributed by atoms with Gasteiger partial charge in [0.05, 0.1) is 7.11 Å². The highest BCUT2D eigenvalue weighted by atomic mass is 16.5. The number of rotatable bonds is 3. The number of carbonyl (C=O) groups excluding carboxylic acids is 2. The van der Waals surface area contributed by atoms with E-state index >= 15 is 0 Å². The summed E-state index contributed by atoms with van der Waals surface area (Å²) in [6.45, 7) is 1.03. The maximum Gasteiger partial charge on any atom is 0.322 e. The minimum Gasteiger partial charge on any atom is -0.497 e. The average molecular weight is 341 g/mol. The summed E-state index contributed by atoms with van der Waals surface area (Å²) >= 11 is 0. The maximum atomic E-state index is 12.4. The number of carbonyl (C=O) groups is 2. The first-order valence-corrected chi connectivity index (χ1v) is 7.87. The van der Waals surface area contributed by atoms with E-state index in [1.165, 1.54) is 0 Å². The third-order valence-corrected chi connectivity index (χ3v) is 4.21. The summed E-state index contributed by atoms with van der Waals surface area (Å²) in [6.07, 6.45) is 0.651. The van der Waals surface area contributed by atoms with Crippen molar-refractivity contribution in [2.45, 2.75) is 13.0 Å². The molecule has 0 aliphatic carbocycles. The number of benzene rings is 2. The molecule has 0 bridgehead atoms. The van der Waals surface area contributed by atoms with Crippen molar-refractivity contribution in [3.63, 3.8) is 0 Å². The number of urea groups is 1. The van der Waals surface area contributed by atoms with Crippen LogP contribution in [-0.2, 0) is 13.0 Å². The number of fused-ring (bicyclic) bond motifs is 1. The van der Waals surface area contributed by atoms with Gasteiger partial charge in [0.1, 0.15) is 5.75 Å². The van der Waals surface area contributed by atoms with Crippen LogP contribution in [-0.4, -0.2) is 35.7 Å². The highest BCUT2D eigenvalue weighted by Gasteiger charge is 2.21. The SMILES string of the molecule is COc1ccc(NC(=O)N2CCc3cc(C(=O)NO)ccc3C2)cc1. The fraction of sp³-hybridized carbons (Fsp3) is 0.222. The molecule has 3 N–H and O–H groups in total.